The zero-order valence-corrected chi connectivity index (χ0v) is 10.8. The number of Topliss-reactive ketones (excluding diaryl/α,β-unsaturated/α-hetero) is 1. The van der Waals surface area contributed by atoms with E-state index in [1.54, 1.807) is 6.07 Å². The van der Waals surface area contributed by atoms with Gasteiger partial charge in [0.1, 0.15) is 11.8 Å². The summed E-state index contributed by atoms with van der Waals surface area (Å²) in [6.07, 6.45) is 0. The fraction of sp³-hybridized carbons (Fsp3) is 0.200. The topological polar surface area (TPSA) is 50.1 Å². The number of ketones is 1. The van der Waals surface area contributed by atoms with Crippen LogP contribution in [0.3, 0.4) is 0 Å². The Kier molecular flexibility index (Phi) is 4.36. The van der Waals surface area contributed by atoms with Crippen LogP contribution in [-0.2, 0) is 0 Å². The third kappa shape index (κ3) is 2.61. The molecule has 1 aromatic carbocycles. The highest BCUT2D eigenvalue weighted by Crippen LogP contribution is 2.24. The largest absolute Gasteiger partial charge is 0.497 e. The van der Waals surface area contributed by atoms with Crippen molar-refractivity contribution in [1.29, 1.82) is 5.26 Å². The van der Waals surface area contributed by atoms with Gasteiger partial charge in [-0.25, -0.2) is 0 Å². The first-order chi connectivity index (χ1) is 7.13. The molecule has 0 saturated heterocycles. The van der Waals surface area contributed by atoms with Gasteiger partial charge in [-0.1, -0.05) is 0 Å². The number of hydrogen-bond acceptors (Lipinski definition) is 3. The molecule has 0 unspecified atom stereocenters. The highest BCUT2D eigenvalue weighted by molar-refractivity contribution is 14.1. The van der Waals surface area contributed by atoms with Crippen molar-refractivity contribution in [2.24, 2.45) is 0 Å². The summed E-state index contributed by atoms with van der Waals surface area (Å²) in [6, 6.07) is 5.19. The minimum atomic E-state index is -0.250. The van der Waals surface area contributed by atoms with Crippen LogP contribution in [0.5, 0.6) is 5.75 Å². The number of ether oxygens (including phenoxy) is 1. The second-order valence-electron chi connectivity index (χ2n) is 2.70. The van der Waals surface area contributed by atoms with Crippen LogP contribution in [0.25, 0.3) is 0 Å². The third-order valence-electron chi connectivity index (χ3n) is 1.82. The molecule has 3 nitrogen and oxygen atoms in total. The Labute approximate surface area is 106 Å². The van der Waals surface area contributed by atoms with Crippen molar-refractivity contribution >= 4 is 40.0 Å². The van der Waals surface area contributed by atoms with Crippen molar-refractivity contribution in [2.75, 3.05) is 13.0 Å². The molecular formula is C10H7ClINO2. The van der Waals surface area contributed by atoms with E-state index in [0.717, 1.165) is 0 Å². The molecule has 78 valence electrons. The van der Waals surface area contributed by atoms with E-state index in [-0.39, 0.29) is 11.7 Å². The first-order valence-electron chi connectivity index (χ1n) is 4.00. The average Bonchev–Trinajstić information content (AvgIpc) is 2.26. The number of nitrogens with zero attached hydrogens (tertiary/aromatic N) is 1. The molecule has 0 spiro atoms. The van der Waals surface area contributed by atoms with Gasteiger partial charge in [0.2, 0.25) is 0 Å². The van der Waals surface area contributed by atoms with Crippen molar-refractivity contribution < 1.29 is 9.53 Å². The van der Waals surface area contributed by atoms with Gasteiger partial charge in [-0.15, -0.1) is 11.6 Å². The maximum absolute atomic E-state index is 11.5. The van der Waals surface area contributed by atoms with E-state index < -0.39 is 0 Å². The number of halogens is 2. The minimum absolute atomic E-state index is 0.128. The zero-order valence-electron chi connectivity index (χ0n) is 7.88. The summed E-state index contributed by atoms with van der Waals surface area (Å²) in [5.41, 5.74) is 0.665. The molecule has 0 aromatic heterocycles. The molecule has 1 rings (SSSR count). The number of alkyl halides is 1. The number of rotatable bonds is 3. The quantitative estimate of drug-likeness (QED) is 0.485. The Hall–Kier alpha value is -0.800. The van der Waals surface area contributed by atoms with Crippen molar-refractivity contribution in [1.82, 2.24) is 0 Å². The summed E-state index contributed by atoms with van der Waals surface area (Å²) in [5, 5.41) is 8.90. The second kappa shape index (κ2) is 5.33. The maximum atomic E-state index is 11.5. The van der Waals surface area contributed by atoms with E-state index >= 15 is 0 Å². The van der Waals surface area contributed by atoms with E-state index in [4.69, 9.17) is 21.6 Å². The fourth-order valence-corrected chi connectivity index (χ4v) is 2.17. The maximum Gasteiger partial charge on any atom is 0.179 e. The first-order valence-corrected chi connectivity index (χ1v) is 5.62. The highest BCUT2D eigenvalue weighted by Gasteiger charge is 2.15. The van der Waals surface area contributed by atoms with Gasteiger partial charge in [-0.3, -0.25) is 4.79 Å². The predicted octanol–water partition coefficient (Wildman–Crippen LogP) is 2.59. The number of nitriles is 1. The number of carbonyl (C=O) groups excluding carboxylic acids is 1. The summed E-state index contributed by atoms with van der Waals surface area (Å²) in [5.74, 6) is 0.180. The van der Waals surface area contributed by atoms with Crippen LogP contribution < -0.4 is 4.74 Å². The molecule has 0 amide bonds. The molecule has 0 bridgehead atoms. The molecule has 0 saturated carbocycles. The highest BCUT2D eigenvalue weighted by atomic mass is 127. The lowest BCUT2D eigenvalue weighted by Gasteiger charge is -2.07. The lowest BCUT2D eigenvalue weighted by molar-refractivity contribution is 0.102. The van der Waals surface area contributed by atoms with Crippen LogP contribution >= 0.6 is 34.2 Å². The second-order valence-corrected chi connectivity index (χ2v) is 4.13. The van der Waals surface area contributed by atoms with Crippen molar-refractivity contribution in [3.8, 4) is 11.8 Å². The summed E-state index contributed by atoms with van der Waals surface area (Å²) < 4.78 is 5.68. The van der Waals surface area contributed by atoms with Gasteiger partial charge in [0.15, 0.2) is 5.78 Å². The van der Waals surface area contributed by atoms with Gasteiger partial charge < -0.3 is 4.74 Å². The molecule has 0 radical (unpaired) electrons. The van der Waals surface area contributed by atoms with Crippen LogP contribution in [0.15, 0.2) is 12.1 Å². The normalized spacial score (nSPS) is 9.47. The van der Waals surface area contributed by atoms with Crippen LogP contribution in [0.1, 0.15) is 15.9 Å². The molecule has 0 aliphatic heterocycles. The van der Waals surface area contributed by atoms with Crippen LogP contribution in [0.4, 0.5) is 0 Å². The van der Waals surface area contributed by atoms with Crippen LogP contribution in [-0.4, -0.2) is 18.8 Å². The van der Waals surface area contributed by atoms with Crippen molar-refractivity contribution in [2.45, 2.75) is 0 Å². The number of hydrogen-bond donors (Lipinski definition) is 0. The van der Waals surface area contributed by atoms with E-state index in [1.807, 2.05) is 28.7 Å². The van der Waals surface area contributed by atoms with Gasteiger partial charge in [0.25, 0.3) is 0 Å². The average molecular weight is 336 g/mol. The van der Waals surface area contributed by atoms with E-state index in [9.17, 15) is 4.79 Å². The molecule has 15 heavy (non-hydrogen) atoms. The molecular weight excluding hydrogens is 328 g/mol. The molecule has 0 N–H and O–H groups in total. The summed E-state index contributed by atoms with van der Waals surface area (Å²) >= 11 is 7.45. The van der Waals surface area contributed by atoms with E-state index in [1.165, 1.54) is 13.2 Å². The number of methoxy groups -OCH3 is 1. The Bertz CT molecular complexity index is 440. The predicted molar refractivity (Wildman–Crippen MR) is 65.5 cm³/mol. The number of carbonyl (C=O) groups is 1. The van der Waals surface area contributed by atoms with Gasteiger partial charge in [0.05, 0.1) is 24.1 Å². The molecule has 0 aliphatic carbocycles. The van der Waals surface area contributed by atoms with E-state index in [2.05, 4.69) is 0 Å². The monoisotopic (exact) mass is 335 g/mol. The Morgan fingerprint density at radius 3 is 2.80 bits per heavy atom. The molecule has 0 atom stereocenters. The summed E-state index contributed by atoms with van der Waals surface area (Å²) in [4.78, 5) is 11.5. The van der Waals surface area contributed by atoms with Crippen molar-refractivity contribution in [3.63, 3.8) is 0 Å². The Balaban J connectivity index is 3.39. The summed E-state index contributed by atoms with van der Waals surface area (Å²) in [6.45, 7) is 0. The SMILES string of the molecule is COc1cc(I)c(C(=O)CCl)c(C#N)c1. The molecule has 0 fully saturated rings. The van der Waals surface area contributed by atoms with Crippen LogP contribution in [0.2, 0.25) is 0 Å². The molecule has 0 aliphatic rings. The Morgan fingerprint density at radius 1 is 1.67 bits per heavy atom. The zero-order chi connectivity index (χ0) is 11.4. The van der Waals surface area contributed by atoms with Gasteiger partial charge in [0, 0.05) is 3.57 Å². The lowest BCUT2D eigenvalue weighted by atomic mass is 10.1. The number of benzene rings is 1. The smallest absolute Gasteiger partial charge is 0.179 e. The molecule has 1 aromatic rings. The van der Waals surface area contributed by atoms with Gasteiger partial charge in [-0.05, 0) is 34.7 Å². The van der Waals surface area contributed by atoms with Crippen molar-refractivity contribution in [3.05, 3.63) is 26.8 Å². The van der Waals surface area contributed by atoms with E-state index in [0.29, 0.717) is 20.4 Å². The Morgan fingerprint density at radius 2 is 2.33 bits per heavy atom. The standard InChI is InChI=1S/C10H7ClINO2/c1-15-7-2-6(5-13)10(8(12)3-7)9(14)4-11/h2-3H,4H2,1H3. The van der Waals surface area contributed by atoms with Gasteiger partial charge in [-0.2, -0.15) is 5.26 Å². The third-order valence-corrected chi connectivity index (χ3v) is 2.91. The molecule has 0 heterocycles. The molecule has 5 heteroatoms. The minimum Gasteiger partial charge on any atom is -0.497 e. The fourth-order valence-electron chi connectivity index (χ4n) is 1.14. The summed E-state index contributed by atoms with van der Waals surface area (Å²) in [7, 11) is 1.51. The first kappa shape index (κ1) is 12.3. The van der Waals surface area contributed by atoms with Gasteiger partial charge >= 0.3 is 0 Å². The lowest BCUT2D eigenvalue weighted by Crippen LogP contribution is -2.06. The van der Waals surface area contributed by atoms with Crippen LogP contribution in [0, 0.1) is 14.9 Å².